The quantitative estimate of drug-likeness (QED) is 0.0375. The summed E-state index contributed by atoms with van der Waals surface area (Å²) in [5.74, 6) is -1.31. The zero-order valence-corrected chi connectivity index (χ0v) is 34.3. The van der Waals surface area contributed by atoms with Gasteiger partial charge in [-0.15, -0.1) is 0 Å². The van der Waals surface area contributed by atoms with E-state index in [1.54, 1.807) is 0 Å². The predicted molar refractivity (Wildman–Crippen MR) is 230 cm³/mol. The van der Waals surface area contributed by atoms with Gasteiger partial charge in [0.2, 0.25) is 5.91 Å². The number of rotatable bonds is 37. The molecule has 6 heteroatoms. The van der Waals surface area contributed by atoms with Gasteiger partial charge in [0.15, 0.2) is 0 Å². The van der Waals surface area contributed by atoms with Gasteiger partial charge in [0, 0.05) is 12.8 Å². The van der Waals surface area contributed by atoms with Crippen molar-refractivity contribution in [2.75, 3.05) is 6.54 Å². The maximum Gasteiger partial charge on any atom is 0.322 e. The van der Waals surface area contributed by atoms with E-state index < -0.39 is 5.97 Å². The van der Waals surface area contributed by atoms with Crippen LogP contribution in [0.4, 0.5) is 0 Å². The van der Waals surface area contributed by atoms with E-state index in [0.717, 1.165) is 128 Å². The first-order valence-electron chi connectivity index (χ1n) is 21.4. The summed E-state index contributed by atoms with van der Waals surface area (Å²) in [6, 6.07) is 0. The number of carbonyl (C=O) groups excluding carboxylic acids is 2. The molecular formula is C48H77NO5. The van der Waals surface area contributed by atoms with Crippen LogP contribution in [0.2, 0.25) is 0 Å². The Labute approximate surface area is 330 Å². The lowest BCUT2D eigenvalue weighted by Crippen LogP contribution is -2.28. The molecule has 0 fully saturated rings. The average molecular weight is 748 g/mol. The molecular weight excluding hydrogens is 671 g/mol. The van der Waals surface area contributed by atoms with Crippen molar-refractivity contribution in [3.63, 3.8) is 0 Å². The number of nitrogens with one attached hydrogen (secondary N) is 1. The van der Waals surface area contributed by atoms with E-state index in [-0.39, 0.29) is 24.5 Å². The van der Waals surface area contributed by atoms with E-state index in [9.17, 15) is 14.4 Å². The third kappa shape index (κ3) is 41.1. The van der Waals surface area contributed by atoms with Gasteiger partial charge in [-0.1, -0.05) is 156 Å². The molecule has 0 aromatic heterocycles. The van der Waals surface area contributed by atoms with Crippen molar-refractivity contribution in [1.29, 1.82) is 0 Å². The zero-order chi connectivity index (χ0) is 39.4. The summed E-state index contributed by atoms with van der Waals surface area (Å²) >= 11 is 0. The summed E-state index contributed by atoms with van der Waals surface area (Å²) in [5, 5.41) is 11.1. The summed E-state index contributed by atoms with van der Waals surface area (Å²) in [6.07, 6.45) is 59.6. The van der Waals surface area contributed by atoms with Crippen LogP contribution in [-0.2, 0) is 19.1 Å². The number of carbonyl (C=O) groups is 3. The van der Waals surface area contributed by atoms with Crippen molar-refractivity contribution in [3.8, 4) is 0 Å². The van der Waals surface area contributed by atoms with Crippen molar-refractivity contribution in [2.45, 2.75) is 180 Å². The van der Waals surface area contributed by atoms with E-state index >= 15 is 0 Å². The number of hydrogen-bond acceptors (Lipinski definition) is 4. The maximum atomic E-state index is 12.8. The highest BCUT2D eigenvalue weighted by Crippen LogP contribution is 2.17. The lowest BCUT2D eigenvalue weighted by atomic mass is 10.0. The molecule has 2 N–H and O–H groups in total. The van der Waals surface area contributed by atoms with E-state index in [1.165, 1.54) is 19.3 Å². The van der Waals surface area contributed by atoms with Crippen LogP contribution in [0.3, 0.4) is 0 Å². The van der Waals surface area contributed by atoms with Crippen LogP contribution in [0.5, 0.6) is 0 Å². The van der Waals surface area contributed by atoms with E-state index in [1.807, 2.05) is 0 Å². The van der Waals surface area contributed by atoms with E-state index in [2.05, 4.69) is 116 Å². The van der Waals surface area contributed by atoms with Gasteiger partial charge >= 0.3 is 11.9 Å². The topological polar surface area (TPSA) is 92.7 Å². The molecule has 0 aliphatic carbocycles. The largest absolute Gasteiger partial charge is 0.480 e. The number of aliphatic carboxylic acids is 1. The molecule has 0 saturated carbocycles. The van der Waals surface area contributed by atoms with Gasteiger partial charge in [-0.3, -0.25) is 14.4 Å². The highest BCUT2D eigenvalue weighted by Gasteiger charge is 2.14. The second-order valence-electron chi connectivity index (χ2n) is 13.8. The average Bonchev–Trinajstić information content (AvgIpc) is 3.16. The van der Waals surface area contributed by atoms with Crippen LogP contribution >= 0.6 is 0 Å². The minimum Gasteiger partial charge on any atom is -0.480 e. The SMILES string of the molecule is CC/C=C\C/C=C\C/C=C\C/C=C\CCCCCCCCC(=O)OC(CC/C=C\C/C=C\C/C=C\C/C=C\CC)CCCCCCCC(=O)NCC(=O)O. The molecule has 1 amide bonds. The number of allylic oxidation sites excluding steroid dienone is 16. The van der Waals surface area contributed by atoms with Gasteiger partial charge < -0.3 is 15.2 Å². The lowest BCUT2D eigenvalue weighted by Gasteiger charge is -2.17. The molecule has 1 atom stereocenters. The van der Waals surface area contributed by atoms with Crippen LogP contribution in [0.15, 0.2) is 97.2 Å². The molecule has 0 aliphatic heterocycles. The van der Waals surface area contributed by atoms with E-state index in [0.29, 0.717) is 12.8 Å². The van der Waals surface area contributed by atoms with Crippen molar-refractivity contribution >= 4 is 17.8 Å². The smallest absolute Gasteiger partial charge is 0.322 e. The summed E-state index contributed by atoms with van der Waals surface area (Å²) in [6.45, 7) is 3.98. The van der Waals surface area contributed by atoms with Gasteiger partial charge in [-0.05, 0) is 103 Å². The van der Waals surface area contributed by atoms with E-state index in [4.69, 9.17) is 9.84 Å². The van der Waals surface area contributed by atoms with Crippen LogP contribution in [-0.4, -0.2) is 35.6 Å². The molecule has 0 spiro atoms. The molecule has 0 aliphatic rings. The maximum absolute atomic E-state index is 12.8. The van der Waals surface area contributed by atoms with Gasteiger partial charge in [0.05, 0.1) is 0 Å². The predicted octanol–water partition coefficient (Wildman–Crippen LogP) is 13.3. The fourth-order valence-corrected chi connectivity index (χ4v) is 5.67. The number of carboxylic acid groups (broad SMARTS) is 1. The third-order valence-corrected chi connectivity index (χ3v) is 8.76. The molecule has 0 aromatic carbocycles. The first-order chi connectivity index (χ1) is 26.5. The summed E-state index contributed by atoms with van der Waals surface area (Å²) in [5.41, 5.74) is 0. The number of esters is 1. The molecule has 1 unspecified atom stereocenters. The van der Waals surface area contributed by atoms with Crippen LogP contribution in [0, 0.1) is 0 Å². The lowest BCUT2D eigenvalue weighted by molar-refractivity contribution is -0.150. The summed E-state index contributed by atoms with van der Waals surface area (Å²) in [7, 11) is 0. The number of carboxylic acids is 1. The molecule has 0 radical (unpaired) electrons. The highest BCUT2D eigenvalue weighted by molar-refractivity contribution is 5.80. The number of unbranched alkanes of at least 4 members (excludes halogenated alkanes) is 10. The van der Waals surface area contributed by atoms with Crippen molar-refractivity contribution in [1.82, 2.24) is 5.32 Å². The monoisotopic (exact) mass is 748 g/mol. The number of ether oxygens (including phenoxy) is 1. The van der Waals surface area contributed by atoms with Crippen LogP contribution in [0.25, 0.3) is 0 Å². The molecule has 54 heavy (non-hydrogen) atoms. The fraction of sp³-hybridized carbons (Fsp3) is 0.604. The Bertz CT molecular complexity index is 1140. The number of amides is 1. The fourth-order valence-electron chi connectivity index (χ4n) is 5.67. The third-order valence-electron chi connectivity index (χ3n) is 8.76. The minimum absolute atomic E-state index is 0.0650. The van der Waals surface area contributed by atoms with Gasteiger partial charge in [0.1, 0.15) is 12.6 Å². The second kappa shape index (κ2) is 42.1. The molecule has 0 rings (SSSR count). The van der Waals surface area contributed by atoms with Crippen LogP contribution in [0.1, 0.15) is 174 Å². The molecule has 6 nitrogen and oxygen atoms in total. The Morgan fingerprint density at radius 1 is 0.481 bits per heavy atom. The summed E-state index contributed by atoms with van der Waals surface area (Å²) < 4.78 is 5.98. The minimum atomic E-state index is -1.03. The first-order valence-corrected chi connectivity index (χ1v) is 21.4. The first kappa shape index (κ1) is 50.3. The van der Waals surface area contributed by atoms with Crippen LogP contribution < -0.4 is 5.32 Å². The molecule has 0 bridgehead atoms. The Morgan fingerprint density at radius 3 is 1.39 bits per heavy atom. The van der Waals surface area contributed by atoms with Gasteiger partial charge in [-0.25, -0.2) is 0 Å². The molecule has 0 saturated heterocycles. The zero-order valence-electron chi connectivity index (χ0n) is 34.3. The van der Waals surface area contributed by atoms with Gasteiger partial charge in [-0.2, -0.15) is 0 Å². The van der Waals surface area contributed by atoms with Gasteiger partial charge in [0.25, 0.3) is 0 Å². The standard InChI is InChI=1S/C48H77NO5/c1-3-5-7-9-11-13-15-17-18-19-20-21-22-24-26-28-30-35-39-43-48(53)54-45(41-37-33-31-34-38-42-46(50)49-44-47(51)52)40-36-32-29-27-25-23-16-14-12-10-8-6-4-2/h5-8,11-14,17-18,20-21,23,25,29,32,45H,3-4,9-10,15-16,19,22,24,26-28,30-31,33-44H2,1-2H3,(H,49,50)(H,51,52)/b7-5-,8-6-,13-11-,14-12-,18-17-,21-20-,25-23-,32-29-. The Kier molecular flexibility index (Phi) is 39.2. The highest BCUT2D eigenvalue weighted by atomic mass is 16.5. The van der Waals surface area contributed by atoms with Crippen molar-refractivity contribution in [2.24, 2.45) is 0 Å². The van der Waals surface area contributed by atoms with Crippen molar-refractivity contribution in [3.05, 3.63) is 97.2 Å². The molecule has 0 heterocycles. The summed E-state index contributed by atoms with van der Waals surface area (Å²) in [4.78, 5) is 35.0. The Morgan fingerprint density at radius 2 is 0.889 bits per heavy atom. The molecule has 0 aromatic rings. The Balaban J connectivity index is 4.31. The number of hydrogen-bond donors (Lipinski definition) is 2. The van der Waals surface area contributed by atoms with Crippen molar-refractivity contribution < 1.29 is 24.2 Å². The normalized spacial score (nSPS) is 13.1. The Hall–Kier alpha value is -3.67. The second-order valence-corrected chi connectivity index (χ2v) is 13.8. The molecule has 304 valence electrons.